The predicted molar refractivity (Wildman–Crippen MR) is 118 cm³/mol. The van der Waals surface area contributed by atoms with Gasteiger partial charge in [-0.2, -0.15) is 5.10 Å². The number of hydrogen-bond donors (Lipinski definition) is 2. The van der Waals surface area contributed by atoms with E-state index in [1.54, 1.807) is 17.9 Å². The molecule has 0 amide bonds. The van der Waals surface area contributed by atoms with Crippen LogP contribution in [0.2, 0.25) is 10.0 Å². The lowest BCUT2D eigenvalue weighted by Gasteiger charge is -2.15. The molecule has 2 N–H and O–H groups in total. The normalized spacial score (nSPS) is 10.8. The largest absolute Gasteiger partial charge is 0.493 e. The van der Waals surface area contributed by atoms with Gasteiger partial charge >= 0.3 is 0 Å². The molecule has 1 heterocycles. The number of aryl methyl sites for hydroxylation is 1. The molecule has 154 valence electrons. The number of hydrogen-bond acceptors (Lipinski definition) is 5. The first-order valence-electron chi connectivity index (χ1n) is 9.15. The highest BCUT2D eigenvalue weighted by molar-refractivity contribution is 7.71. The van der Waals surface area contributed by atoms with Crippen LogP contribution in [0.4, 0.5) is 0 Å². The molecule has 9 heteroatoms. The number of aromatic amines is 1. The zero-order valence-electron chi connectivity index (χ0n) is 16.2. The van der Waals surface area contributed by atoms with Crippen LogP contribution in [0.3, 0.4) is 0 Å². The Morgan fingerprint density at radius 3 is 2.62 bits per heavy atom. The van der Waals surface area contributed by atoms with E-state index in [4.69, 9.17) is 44.9 Å². The SMILES string of the molecule is CCCc1n[nH]c(=S)n1NCc1cc(OC)c(OCc2ccc(Cl)cc2)cc1Cl. The number of halogens is 2. The van der Waals surface area contributed by atoms with Gasteiger partial charge in [0.25, 0.3) is 0 Å². The minimum Gasteiger partial charge on any atom is -0.493 e. The third-order valence-corrected chi connectivity index (χ3v) is 5.16. The average molecular weight is 453 g/mol. The number of ether oxygens (including phenoxy) is 2. The summed E-state index contributed by atoms with van der Waals surface area (Å²) in [5.74, 6) is 2.02. The van der Waals surface area contributed by atoms with Gasteiger partial charge in [0.2, 0.25) is 4.77 Å². The van der Waals surface area contributed by atoms with Gasteiger partial charge in [-0.3, -0.25) is 5.10 Å². The highest BCUT2D eigenvalue weighted by Crippen LogP contribution is 2.34. The standard InChI is InChI=1S/C20H22Cl2N4O2S/c1-3-4-19-24-25-20(29)26(19)23-11-14-9-17(27-2)18(10-16(14)22)28-12-13-5-7-15(21)8-6-13/h5-10,23H,3-4,11-12H2,1-2H3,(H,25,29). The second kappa shape index (κ2) is 10.0. The minimum atomic E-state index is 0.381. The molecule has 0 aliphatic carbocycles. The van der Waals surface area contributed by atoms with Crippen LogP contribution in [0.15, 0.2) is 36.4 Å². The van der Waals surface area contributed by atoms with Crippen LogP contribution in [0.5, 0.6) is 11.5 Å². The van der Waals surface area contributed by atoms with Gasteiger partial charge in [-0.15, -0.1) is 0 Å². The van der Waals surface area contributed by atoms with Crippen molar-refractivity contribution in [1.82, 2.24) is 14.9 Å². The van der Waals surface area contributed by atoms with E-state index < -0.39 is 0 Å². The lowest BCUT2D eigenvalue weighted by molar-refractivity contribution is 0.284. The predicted octanol–water partition coefficient (Wildman–Crippen LogP) is 5.53. The molecule has 0 aliphatic rings. The van der Waals surface area contributed by atoms with Crippen LogP contribution < -0.4 is 14.9 Å². The molecular weight excluding hydrogens is 431 g/mol. The summed E-state index contributed by atoms with van der Waals surface area (Å²) >= 11 is 17.7. The van der Waals surface area contributed by atoms with Crippen molar-refractivity contribution >= 4 is 35.4 Å². The van der Waals surface area contributed by atoms with Crippen molar-refractivity contribution in [2.24, 2.45) is 0 Å². The lowest BCUT2D eigenvalue weighted by atomic mass is 10.2. The summed E-state index contributed by atoms with van der Waals surface area (Å²) in [6.45, 7) is 2.93. The number of aromatic nitrogens is 3. The van der Waals surface area contributed by atoms with Crippen LogP contribution in [0, 0.1) is 4.77 Å². The van der Waals surface area contributed by atoms with E-state index >= 15 is 0 Å². The molecule has 0 fully saturated rings. The number of rotatable bonds is 9. The smallest absolute Gasteiger partial charge is 0.214 e. The van der Waals surface area contributed by atoms with Crippen molar-refractivity contribution in [1.29, 1.82) is 0 Å². The number of methoxy groups -OCH3 is 1. The summed E-state index contributed by atoms with van der Waals surface area (Å²) < 4.78 is 13.7. The van der Waals surface area contributed by atoms with Crippen molar-refractivity contribution in [2.45, 2.75) is 32.9 Å². The molecule has 0 unspecified atom stereocenters. The van der Waals surface area contributed by atoms with Gasteiger partial charge in [0, 0.05) is 22.5 Å². The summed E-state index contributed by atoms with van der Waals surface area (Å²) in [6.07, 6.45) is 1.78. The molecule has 2 aromatic carbocycles. The van der Waals surface area contributed by atoms with E-state index in [9.17, 15) is 0 Å². The molecule has 0 saturated heterocycles. The van der Waals surface area contributed by atoms with E-state index in [0.717, 1.165) is 29.8 Å². The molecule has 3 rings (SSSR count). The molecule has 1 aromatic heterocycles. The Bertz CT molecular complexity index is 1020. The summed E-state index contributed by atoms with van der Waals surface area (Å²) in [5, 5.41) is 8.30. The van der Waals surface area contributed by atoms with Gasteiger partial charge in [0.15, 0.2) is 17.3 Å². The maximum Gasteiger partial charge on any atom is 0.214 e. The van der Waals surface area contributed by atoms with Crippen molar-refractivity contribution in [3.63, 3.8) is 0 Å². The van der Waals surface area contributed by atoms with E-state index in [-0.39, 0.29) is 0 Å². The fraction of sp³-hybridized carbons (Fsp3) is 0.300. The van der Waals surface area contributed by atoms with Gasteiger partial charge < -0.3 is 14.9 Å². The Morgan fingerprint density at radius 2 is 1.93 bits per heavy atom. The first kappa shape index (κ1) is 21.5. The fourth-order valence-corrected chi connectivity index (χ4v) is 3.34. The third kappa shape index (κ3) is 5.44. The zero-order valence-corrected chi connectivity index (χ0v) is 18.5. The lowest BCUT2D eigenvalue weighted by Crippen LogP contribution is -2.18. The Kier molecular flexibility index (Phi) is 7.41. The Balaban J connectivity index is 1.73. The van der Waals surface area contributed by atoms with E-state index in [0.29, 0.717) is 39.5 Å². The van der Waals surface area contributed by atoms with Gasteiger partial charge in [0.1, 0.15) is 6.61 Å². The van der Waals surface area contributed by atoms with E-state index in [2.05, 4.69) is 22.5 Å². The van der Waals surface area contributed by atoms with E-state index in [1.165, 1.54) is 0 Å². The van der Waals surface area contributed by atoms with Crippen LogP contribution in [0.25, 0.3) is 0 Å². The minimum absolute atomic E-state index is 0.381. The van der Waals surface area contributed by atoms with Crippen LogP contribution in [-0.4, -0.2) is 22.0 Å². The fourth-order valence-electron chi connectivity index (χ4n) is 2.77. The summed E-state index contributed by atoms with van der Waals surface area (Å²) in [4.78, 5) is 0. The third-order valence-electron chi connectivity index (χ3n) is 4.28. The van der Waals surface area contributed by atoms with Crippen molar-refractivity contribution in [2.75, 3.05) is 12.5 Å². The van der Waals surface area contributed by atoms with Crippen molar-refractivity contribution < 1.29 is 9.47 Å². The highest BCUT2D eigenvalue weighted by Gasteiger charge is 2.12. The molecule has 0 saturated carbocycles. The maximum absolute atomic E-state index is 6.49. The van der Waals surface area contributed by atoms with Crippen LogP contribution in [0.1, 0.15) is 30.3 Å². The number of nitrogens with one attached hydrogen (secondary N) is 2. The van der Waals surface area contributed by atoms with Gasteiger partial charge in [-0.05, 0) is 48.0 Å². The molecule has 3 aromatic rings. The monoisotopic (exact) mass is 452 g/mol. The average Bonchev–Trinajstić information content (AvgIpc) is 3.06. The number of H-pyrrole nitrogens is 1. The van der Waals surface area contributed by atoms with E-state index in [1.807, 2.05) is 30.3 Å². The van der Waals surface area contributed by atoms with Crippen LogP contribution in [-0.2, 0) is 19.6 Å². The first-order chi connectivity index (χ1) is 14.0. The summed E-state index contributed by atoms with van der Waals surface area (Å²) in [5.41, 5.74) is 5.11. The van der Waals surface area contributed by atoms with Gasteiger partial charge in [-0.1, -0.05) is 42.3 Å². The molecule has 0 atom stereocenters. The molecule has 0 spiro atoms. The van der Waals surface area contributed by atoms with Crippen molar-refractivity contribution in [3.8, 4) is 11.5 Å². The highest BCUT2D eigenvalue weighted by atomic mass is 35.5. The summed E-state index contributed by atoms with van der Waals surface area (Å²) in [7, 11) is 1.60. The zero-order chi connectivity index (χ0) is 20.8. The molecule has 29 heavy (non-hydrogen) atoms. The van der Waals surface area contributed by atoms with Crippen LogP contribution >= 0.6 is 35.4 Å². The quantitative estimate of drug-likeness (QED) is 0.417. The summed E-state index contributed by atoms with van der Waals surface area (Å²) in [6, 6.07) is 11.1. The number of nitrogens with zero attached hydrogens (tertiary/aromatic N) is 2. The Labute approximate surface area is 184 Å². The first-order valence-corrected chi connectivity index (χ1v) is 10.3. The second-order valence-electron chi connectivity index (χ2n) is 6.37. The molecule has 0 bridgehead atoms. The van der Waals surface area contributed by atoms with Gasteiger partial charge in [0.05, 0.1) is 13.7 Å². The Morgan fingerprint density at radius 1 is 1.17 bits per heavy atom. The molecule has 6 nitrogen and oxygen atoms in total. The Hall–Kier alpha value is -2.22. The molecule has 0 aliphatic heterocycles. The maximum atomic E-state index is 6.49. The molecule has 0 radical (unpaired) electrons. The van der Waals surface area contributed by atoms with Gasteiger partial charge in [-0.25, -0.2) is 4.68 Å². The van der Waals surface area contributed by atoms with Crippen molar-refractivity contribution in [3.05, 3.63) is 68.2 Å². The second-order valence-corrected chi connectivity index (χ2v) is 7.61. The molecular formula is C20H22Cl2N4O2S. The topological polar surface area (TPSA) is 64.1 Å². The number of benzene rings is 2.